The first-order valence-corrected chi connectivity index (χ1v) is 6.43. The zero-order chi connectivity index (χ0) is 15.9. The lowest BCUT2D eigenvalue weighted by molar-refractivity contribution is 0.153. The molecule has 0 aliphatic carbocycles. The minimum Gasteiger partial charge on any atom is -0.448 e. The summed E-state index contributed by atoms with van der Waals surface area (Å²) in [6, 6.07) is 2.06. The van der Waals surface area contributed by atoms with Crippen LogP contribution in [0.5, 0.6) is 0 Å². The van der Waals surface area contributed by atoms with Crippen LogP contribution in [-0.2, 0) is 4.74 Å². The molecule has 1 rings (SSSR count). The molecule has 0 atom stereocenters. The standard InChI is InChI=1S/C11H16ClN7O2/c1-11(2,6-13)19-9-17-7(12)16-8(18-9)15-4-5-21-10(20)14-3/h4-5H2,1-3H3,(H,14,20)(H2,15,16,17,18,19). The lowest BCUT2D eigenvalue weighted by atomic mass is 10.1. The van der Waals surface area contributed by atoms with Gasteiger partial charge >= 0.3 is 6.09 Å². The molecule has 9 nitrogen and oxygen atoms in total. The van der Waals surface area contributed by atoms with Gasteiger partial charge in [-0.05, 0) is 25.4 Å². The second-order valence-corrected chi connectivity index (χ2v) is 4.76. The maximum Gasteiger partial charge on any atom is 0.406 e. The monoisotopic (exact) mass is 313 g/mol. The smallest absolute Gasteiger partial charge is 0.406 e. The quantitative estimate of drug-likeness (QED) is 0.664. The van der Waals surface area contributed by atoms with E-state index in [0.717, 1.165) is 0 Å². The summed E-state index contributed by atoms with van der Waals surface area (Å²) < 4.78 is 4.80. The van der Waals surface area contributed by atoms with Crippen LogP contribution in [0, 0.1) is 11.3 Å². The van der Waals surface area contributed by atoms with E-state index in [1.54, 1.807) is 13.8 Å². The number of nitriles is 1. The average Bonchev–Trinajstić information content (AvgIpc) is 2.42. The Morgan fingerprint density at radius 1 is 1.38 bits per heavy atom. The highest BCUT2D eigenvalue weighted by Crippen LogP contribution is 2.13. The minimum atomic E-state index is -0.843. The molecule has 1 aromatic heterocycles. The molecular weight excluding hydrogens is 298 g/mol. The number of anilines is 2. The topological polar surface area (TPSA) is 125 Å². The second-order valence-electron chi connectivity index (χ2n) is 4.43. The Bertz CT molecular complexity index is 544. The highest BCUT2D eigenvalue weighted by molar-refractivity contribution is 6.28. The summed E-state index contributed by atoms with van der Waals surface area (Å²) >= 11 is 5.79. The first-order valence-electron chi connectivity index (χ1n) is 6.05. The van der Waals surface area contributed by atoms with Crippen LogP contribution in [0.15, 0.2) is 0 Å². The Kier molecular flexibility index (Phi) is 5.92. The van der Waals surface area contributed by atoms with E-state index in [-0.39, 0.29) is 23.8 Å². The lowest BCUT2D eigenvalue weighted by Crippen LogP contribution is -2.30. The predicted octanol–water partition coefficient (Wildman–Crippen LogP) is 1.01. The predicted molar refractivity (Wildman–Crippen MR) is 77.0 cm³/mol. The molecule has 0 aliphatic rings. The number of rotatable bonds is 6. The van der Waals surface area contributed by atoms with E-state index in [1.807, 2.05) is 0 Å². The van der Waals surface area contributed by atoms with Gasteiger partial charge in [-0.3, -0.25) is 0 Å². The van der Waals surface area contributed by atoms with Crippen LogP contribution in [-0.4, -0.2) is 46.8 Å². The van der Waals surface area contributed by atoms with Gasteiger partial charge < -0.3 is 20.7 Å². The van der Waals surface area contributed by atoms with E-state index in [9.17, 15) is 4.79 Å². The van der Waals surface area contributed by atoms with E-state index >= 15 is 0 Å². The van der Waals surface area contributed by atoms with Crippen LogP contribution in [0.25, 0.3) is 0 Å². The third-order valence-corrected chi connectivity index (χ3v) is 2.30. The lowest BCUT2D eigenvalue weighted by Gasteiger charge is -2.17. The van der Waals surface area contributed by atoms with Crippen molar-refractivity contribution in [1.82, 2.24) is 20.3 Å². The van der Waals surface area contributed by atoms with Crippen molar-refractivity contribution in [2.75, 3.05) is 30.8 Å². The molecule has 0 aromatic carbocycles. The van der Waals surface area contributed by atoms with Crippen molar-refractivity contribution in [3.63, 3.8) is 0 Å². The van der Waals surface area contributed by atoms with Gasteiger partial charge in [0.15, 0.2) is 0 Å². The highest BCUT2D eigenvalue weighted by atomic mass is 35.5. The summed E-state index contributed by atoms with van der Waals surface area (Å²) in [7, 11) is 1.47. The molecule has 10 heteroatoms. The SMILES string of the molecule is CNC(=O)OCCNc1nc(Cl)nc(NC(C)(C)C#N)n1. The van der Waals surface area contributed by atoms with Crippen LogP contribution < -0.4 is 16.0 Å². The molecule has 1 heterocycles. The van der Waals surface area contributed by atoms with Crippen molar-refractivity contribution in [2.24, 2.45) is 0 Å². The van der Waals surface area contributed by atoms with Crippen LogP contribution in [0.4, 0.5) is 16.7 Å². The van der Waals surface area contributed by atoms with Gasteiger partial charge in [0.25, 0.3) is 0 Å². The zero-order valence-electron chi connectivity index (χ0n) is 11.9. The molecule has 0 unspecified atom stereocenters. The fourth-order valence-corrected chi connectivity index (χ4v) is 1.33. The van der Waals surface area contributed by atoms with Gasteiger partial charge in [-0.1, -0.05) is 0 Å². The number of alkyl carbamates (subject to hydrolysis) is 1. The third kappa shape index (κ3) is 6.09. The molecule has 1 amide bonds. The zero-order valence-corrected chi connectivity index (χ0v) is 12.7. The van der Waals surface area contributed by atoms with Gasteiger partial charge in [-0.2, -0.15) is 20.2 Å². The minimum absolute atomic E-state index is 0.0176. The number of nitrogens with zero attached hydrogens (tertiary/aromatic N) is 4. The molecule has 114 valence electrons. The molecule has 0 radical (unpaired) electrons. The average molecular weight is 314 g/mol. The number of carbonyl (C=O) groups is 1. The van der Waals surface area contributed by atoms with Crippen molar-refractivity contribution >= 4 is 29.6 Å². The third-order valence-electron chi connectivity index (χ3n) is 2.13. The number of hydrogen-bond acceptors (Lipinski definition) is 8. The van der Waals surface area contributed by atoms with Gasteiger partial charge in [-0.25, -0.2) is 4.79 Å². The van der Waals surface area contributed by atoms with Crippen LogP contribution in [0.2, 0.25) is 5.28 Å². The van der Waals surface area contributed by atoms with E-state index in [4.69, 9.17) is 21.6 Å². The summed E-state index contributed by atoms with van der Waals surface area (Å²) in [5.74, 6) is 0.392. The molecular formula is C11H16ClN7O2. The summed E-state index contributed by atoms with van der Waals surface area (Å²) in [5, 5.41) is 16.9. The van der Waals surface area contributed by atoms with Crippen molar-refractivity contribution in [3.05, 3.63) is 5.28 Å². The van der Waals surface area contributed by atoms with Gasteiger partial charge in [0.1, 0.15) is 12.1 Å². The Labute approximate surface area is 127 Å². The van der Waals surface area contributed by atoms with Gasteiger partial charge in [0.2, 0.25) is 17.2 Å². The van der Waals surface area contributed by atoms with Gasteiger partial charge in [0.05, 0.1) is 12.6 Å². The fraction of sp³-hybridized carbons (Fsp3) is 0.545. The number of nitrogens with one attached hydrogen (secondary N) is 3. The van der Waals surface area contributed by atoms with Crippen LogP contribution >= 0.6 is 11.6 Å². The second kappa shape index (κ2) is 7.44. The number of aromatic nitrogens is 3. The maximum absolute atomic E-state index is 10.9. The molecule has 0 aliphatic heterocycles. The maximum atomic E-state index is 10.9. The van der Waals surface area contributed by atoms with Crippen molar-refractivity contribution in [3.8, 4) is 6.07 Å². The fourth-order valence-electron chi connectivity index (χ4n) is 1.17. The molecule has 1 aromatic rings. The number of amides is 1. The summed E-state index contributed by atoms with van der Waals surface area (Å²) in [5.41, 5.74) is -0.843. The summed E-state index contributed by atoms with van der Waals surface area (Å²) in [4.78, 5) is 22.7. The Hall–Kier alpha value is -2.34. The molecule has 0 saturated carbocycles. The van der Waals surface area contributed by atoms with Crippen LogP contribution in [0.3, 0.4) is 0 Å². The Balaban J connectivity index is 2.61. The molecule has 0 fully saturated rings. The molecule has 3 N–H and O–H groups in total. The summed E-state index contributed by atoms with van der Waals surface area (Å²) in [6.45, 7) is 3.79. The molecule has 0 saturated heterocycles. The first-order chi connectivity index (χ1) is 9.86. The normalized spacial score (nSPS) is 10.4. The van der Waals surface area contributed by atoms with E-state index in [1.165, 1.54) is 7.05 Å². The van der Waals surface area contributed by atoms with Crippen molar-refractivity contribution in [1.29, 1.82) is 5.26 Å². The van der Waals surface area contributed by atoms with E-state index in [0.29, 0.717) is 6.54 Å². The largest absolute Gasteiger partial charge is 0.448 e. The molecule has 0 bridgehead atoms. The van der Waals surface area contributed by atoms with E-state index < -0.39 is 11.6 Å². The number of ether oxygens (including phenoxy) is 1. The van der Waals surface area contributed by atoms with Gasteiger partial charge in [-0.15, -0.1) is 0 Å². The first kappa shape index (κ1) is 16.7. The van der Waals surface area contributed by atoms with Gasteiger partial charge in [0, 0.05) is 7.05 Å². The molecule has 0 spiro atoms. The van der Waals surface area contributed by atoms with Crippen molar-refractivity contribution < 1.29 is 9.53 Å². The number of halogens is 1. The van der Waals surface area contributed by atoms with E-state index in [2.05, 4.69) is 37.0 Å². The van der Waals surface area contributed by atoms with Crippen molar-refractivity contribution in [2.45, 2.75) is 19.4 Å². The van der Waals surface area contributed by atoms with Crippen LogP contribution in [0.1, 0.15) is 13.8 Å². The number of hydrogen-bond donors (Lipinski definition) is 3. The Morgan fingerprint density at radius 2 is 2.05 bits per heavy atom. The Morgan fingerprint density at radius 3 is 2.67 bits per heavy atom. The molecule has 21 heavy (non-hydrogen) atoms. The number of carbonyl (C=O) groups excluding carboxylic acids is 1. The highest BCUT2D eigenvalue weighted by Gasteiger charge is 2.18. The summed E-state index contributed by atoms with van der Waals surface area (Å²) in [6.07, 6.45) is -0.524.